The van der Waals surface area contributed by atoms with Gasteiger partial charge in [-0.3, -0.25) is 5.41 Å². The fourth-order valence-corrected chi connectivity index (χ4v) is 1.40. The van der Waals surface area contributed by atoms with Crippen molar-refractivity contribution >= 4 is 28.5 Å². The summed E-state index contributed by atoms with van der Waals surface area (Å²) >= 11 is 2.21. The third-order valence-corrected chi connectivity index (χ3v) is 2.05. The highest BCUT2D eigenvalue weighted by molar-refractivity contribution is 14.1. The van der Waals surface area contributed by atoms with E-state index in [1.54, 1.807) is 0 Å². The summed E-state index contributed by atoms with van der Waals surface area (Å²) in [6.07, 6.45) is 0. The number of ether oxygens (including phenoxy) is 1. The van der Waals surface area contributed by atoms with Crippen LogP contribution in [-0.2, 0) is 4.74 Å². The predicted molar refractivity (Wildman–Crippen MR) is 57.6 cm³/mol. The van der Waals surface area contributed by atoms with E-state index in [-0.39, 0.29) is 5.90 Å². The standard InChI is InChI=1S/C9H10INO/c1-2-12-9(11)7-4-3-5-8(10)6-7/h3-6,11H,2H2,1H3. The first kappa shape index (κ1) is 9.51. The van der Waals surface area contributed by atoms with Crippen LogP contribution < -0.4 is 0 Å². The molecule has 0 saturated carbocycles. The maximum atomic E-state index is 7.50. The number of halogens is 1. The molecular formula is C9H10INO. The van der Waals surface area contributed by atoms with E-state index in [1.807, 2.05) is 31.2 Å². The average molecular weight is 275 g/mol. The SMILES string of the molecule is CCOC(=N)c1cccc(I)c1. The monoisotopic (exact) mass is 275 g/mol. The van der Waals surface area contributed by atoms with Crippen LogP contribution in [0.5, 0.6) is 0 Å². The summed E-state index contributed by atoms with van der Waals surface area (Å²) < 4.78 is 6.18. The highest BCUT2D eigenvalue weighted by Gasteiger charge is 2.00. The summed E-state index contributed by atoms with van der Waals surface area (Å²) in [5, 5.41) is 7.50. The van der Waals surface area contributed by atoms with Crippen LogP contribution in [0.2, 0.25) is 0 Å². The molecule has 64 valence electrons. The molecule has 0 aliphatic heterocycles. The molecule has 0 amide bonds. The van der Waals surface area contributed by atoms with Gasteiger partial charge in [0.15, 0.2) is 0 Å². The van der Waals surface area contributed by atoms with Gasteiger partial charge in [0.25, 0.3) is 0 Å². The van der Waals surface area contributed by atoms with E-state index < -0.39 is 0 Å². The van der Waals surface area contributed by atoms with Crippen LogP contribution in [0.3, 0.4) is 0 Å². The molecule has 1 N–H and O–H groups in total. The molecule has 0 spiro atoms. The molecule has 0 bridgehead atoms. The Labute approximate surface area is 85.6 Å². The van der Waals surface area contributed by atoms with E-state index in [2.05, 4.69) is 22.6 Å². The van der Waals surface area contributed by atoms with Crippen LogP contribution >= 0.6 is 22.6 Å². The Morgan fingerprint density at radius 3 is 2.92 bits per heavy atom. The number of benzene rings is 1. The van der Waals surface area contributed by atoms with Gasteiger partial charge in [0, 0.05) is 9.13 Å². The summed E-state index contributed by atoms with van der Waals surface area (Å²) in [5.74, 6) is 0.246. The molecule has 0 aromatic heterocycles. The molecule has 1 rings (SSSR count). The molecule has 0 fully saturated rings. The molecule has 0 heterocycles. The van der Waals surface area contributed by atoms with Crippen LogP contribution in [-0.4, -0.2) is 12.5 Å². The normalized spacial score (nSPS) is 9.50. The summed E-state index contributed by atoms with van der Waals surface area (Å²) in [4.78, 5) is 0. The molecular weight excluding hydrogens is 265 g/mol. The number of hydrogen-bond donors (Lipinski definition) is 1. The summed E-state index contributed by atoms with van der Waals surface area (Å²) in [7, 11) is 0. The topological polar surface area (TPSA) is 33.1 Å². The Morgan fingerprint density at radius 1 is 1.58 bits per heavy atom. The van der Waals surface area contributed by atoms with Crippen LogP contribution in [0.4, 0.5) is 0 Å². The first-order valence-electron chi connectivity index (χ1n) is 3.71. The van der Waals surface area contributed by atoms with Crippen molar-refractivity contribution in [2.75, 3.05) is 6.61 Å². The maximum Gasteiger partial charge on any atom is 0.213 e. The van der Waals surface area contributed by atoms with Crippen molar-refractivity contribution in [1.29, 1.82) is 5.41 Å². The third kappa shape index (κ3) is 2.48. The Kier molecular flexibility index (Phi) is 3.52. The van der Waals surface area contributed by atoms with Gasteiger partial charge in [-0.1, -0.05) is 6.07 Å². The summed E-state index contributed by atoms with van der Waals surface area (Å²) in [6, 6.07) is 7.71. The lowest BCUT2D eigenvalue weighted by molar-refractivity contribution is 0.325. The molecule has 0 aliphatic carbocycles. The predicted octanol–water partition coefficient (Wildman–Crippen LogP) is 2.65. The van der Waals surface area contributed by atoms with Gasteiger partial charge >= 0.3 is 0 Å². The van der Waals surface area contributed by atoms with Crippen LogP contribution in [0.1, 0.15) is 12.5 Å². The second-order valence-electron chi connectivity index (χ2n) is 2.27. The zero-order chi connectivity index (χ0) is 8.97. The van der Waals surface area contributed by atoms with Crippen LogP contribution in [0.15, 0.2) is 24.3 Å². The van der Waals surface area contributed by atoms with E-state index in [0.29, 0.717) is 6.61 Å². The second kappa shape index (κ2) is 4.45. The third-order valence-electron chi connectivity index (χ3n) is 1.38. The van der Waals surface area contributed by atoms with E-state index >= 15 is 0 Å². The minimum absolute atomic E-state index is 0.246. The van der Waals surface area contributed by atoms with Crippen molar-refractivity contribution in [3.63, 3.8) is 0 Å². The zero-order valence-electron chi connectivity index (χ0n) is 6.80. The molecule has 1 aromatic carbocycles. The Hall–Kier alpha value is -0.580. The van der Waals surface area contributed by atoms with Crippen LogP contribution in [0, 0.1) is 8.98 Å². The highest BCUT2D eigenvalue weighted by Crippen LogP contribution is 2.08. The lowest BCUT2D eigenvalue weighted by Crippen LogP contribution is -2.04. The molecule has 0 radical (unpaired) electrons. The smallest absolute Gasteiger partial charge is 0.213 e. The fourth-order valence-electron chi connectivity index (χ4n) is 0.857. The van der Waals surface area contributed by atoms with Crippen molar-refractivity contribution in [3.05, 3.63) is 33.4 Å². The fraction of sp³-hybridized carbons (Fsp3) is 0.222. The van der Waals surface area contributed by atoms with Crippen molar-refractivity contribution < 1.29 is 4.74 Å². The summed E-state index contributed by atoms with van der Waals surface area (Å²) in [5.41, 5.74) is 0.837. The Bertz CT molecular complexity index is 286. The molecule has 0 aliphatic rings. The molecule has 0 unspecified atom stereocenters. The van der Waals surface area contributed by atoms with Crippen molar-refractivity contribution in [2.24, 2.45) is 0 Å². The number of nitrogens with one attached hydrogen (secondary N) is 1. The summed E-state index contributed by atoms with van der Waals surface area (Å²) in [6.45, 7) is 2.42. The number of rotatable bonds is 2. The van der Waals surface area contributed by atoms with Gasteiger partial charge in [-0.25, -0.2) is 0 Å². The minimum Gasteiger partial charge on any atom is -0.478 e. The molecule has 2 nitrogen and oxygen atoms in total. The minimum atomic E-state index is 0.246. The van der Waals surface area contributed by atoms with Gasteiger partial charge in [-0.05, 0) is 47.7 Å². The highest BCUT2D eigenvalue weighted by atomic mass is 127. The first-order chi connectivity index (χ1) is 5.74. The van der Waals surface area contributed by atoms with Gasteiger partial charge in [0.05, 0.1) is 6.61 Å². The van der Waals surface area contributed by atoms with Gasteiger partial charge < -0.3 is 4.74 Å². The van der Waals surface area contributed by atoms with E-state index in [1.165, 1.54) is 0 Å². The largest absolute Gasteiger partial charge is 0.478 e. The lowest BCUT2D eigenvalue weighted by atomic mass is 10.2. The van der Waals surface area contributed by atoms with Gasteiger partial charge in [0.1, 0.15) is 0 Å². The Morgan fingerprint density at radius 2 is 2.33 bits per heavy atom. The molecule has 0 atom stereocenters. The Balaban J connectivity index is 2.81. The molecule has 3 heteroatoms. The molecule has 12 heavy (non-hydrogen) atoms. The van der Waals surface area contributed by atoms with E-state index in [0.717, 1.165) is 9.13 Å². The van der Waals surface area contributed by atoms with Gasteiger partial charge in [0.2, 0.25) is 5.90 Å². The van der Waals surface area contributed by atoms with Crippen LogP contribution in [0.25, 0.3) is 0 Å². The second-order valence-corrected chi connectivity index (χ2v) is 3.52. The van der Waals surface area contributed by atoms with Crippen molar-refractivity contribution in [3.8, 4) is 0 Å². The van der Waals surface area contributed by atoms with Crippen molar-refractivity contribution in [1.82, 2.24) is 0 Å². The van der Waals surface area contributed by atoms with Gasteiger partial charge in [-0.15, -0.1) is 0 Å². The maximum absolute atomic E-state index is 7.50. The quantitative estimate of drug-likeness (QED) is 0.502. The average Bonchev–Trinajstić information content (AvgIpc) is 2.05. The lowest BCUT2D eigenvalue weighted by Gasteiger charge is -2.04. The zero-order valence-corrected chi connectivity index (χ0v) is 8.96. The molecule has 1 aromatic rings. The van der Waals surface area contributed by atoms with E-state index in [4.69, 9.17) is 10.1 Å². The molecule has 0 saturated heterocycles. The van der Waals surface area contributed by atoms with Gasteiger partial charge in [-0.2, -0.15) is 0 Å². The number of hydrogen-bond acceptors (Lipinski definition) is 2. The van der Waals surface area contributed by atoms with E-state index in [9.17, 15) is 0 Å². The van der Waals surface area contributed by atoms with Crippen molar-refractivity contribution in [2.45, 2.75) is 6.92 Å². The first-order valence-corrected chi connectivity index (χ1v) is 4.79.